The van der Waals surface area contributed by atoms with E-state index in [2.05, 4.69) is 113 Å². The molecule has 0 aliphatic carbocycles. The molecule has 6 nitrogen and oxygen atoms in total. The summed E-state index contributed by atoms with van der Waals surface area (Å²) in [5, 5.41) is 0. The SMILES string of the molecule is COc1ccc(CCN2CC3(c4ccccc4)CN(C4(C)CN(C)CCN(C)C4)CC(c4ccccc4)(C2)C3=O)cc1. The first-order valence-corrected chi connectivity index (χ1v) is 15.4. The first-order valence-electron chi connectivity index (χ1n) is 15.4. The van der Waals surface area contributed by atoms with Gasteiger partial charge in [-0.2, -0.15) is 0 Å². The summed E-state index contributed by atoms with van der Waals surface area (Å²) in [4.78, 5) is 25.4. The molecular weight excluding hydrogens is 520 g/mol. The zero-order valence-corrected chi connectivity index (χ0v) is 25.8. The lowest BCUT2D eigenvalue weighted by atomic mass is 9.57. The number of Topliss-reactive ketones (excluding diaryl/α,β-unsaturated/α-hetero) is 1. The van der Waals surface area contributed by atoms with Gasteiger partial charge in [-0.3, -0.25) is 9.69 Å². The van der Waals surface area contributed by atoms with E-state index in [9.17, 15) is 0 Å². The van der Waals surface area contributed by atoms with E-state index in [0.717, 1.165) is 82.2 Å². The Hall–Kier alpha value is -3.03. The van der Waals surface area contributed by atoms with E-state index in [1.54, 1.807) is 7.11 Å². The summed E-state index contributed by atoms with van der Waals surface area (Å²) in [5.41, 5.74) is 2.28. The van der Waals surface area contributed by atoms with Crippen molar-refractivity contribution in [2.24, 2.45) is 0 Å². The number of ketones is 1. The molecule has 3 aromatic carbocycles. The maximum atomic E-state index is 15.2. The van der Waals surface area contributed by atoms with Crippen molar-refractivity contribution < 1.29 is 9.53 Å². The van der Waals surface area contributed by atoms with Crippen LogP contribution < -0.4 is 4.74 Å². The van der Waals surface area contributed by atoms with Crippen molar-refractivity contribution in [1.82, 2.24) is 19.6 Å². The molecule has 42 heavy (non-hydrogen) atoms. The van der Waals surface area contributed by atoms with Crippen molar-refractivity contribution in [2.45, 2.75) is 29.7 Å². The Morgan fingerprint density at radius 3 is 1.67 bits per heavy atom. The average Bonchev–Trinajstić information content (AvgIpc) is 3.14. The monoisotopic (exact) mass is 566 g/mol. The van der Waals surface area contributed by atoms with Gasteiger partial charge >= 0.3 is 0 Å². The molecule has 0 amide bonds. The Morgan fingerprint density at radius 2 is 1.19 bits per heavy atom. The normalized spacial score (nSPS) is 27.5. The van der Waals surface area contributed by atoms with E-state index in [1.165, 1.54) is 5.56 Å². The molecule has 0 saturated carbocycles. The molecule has 2 atom stereocenters. The lowest BCUT2D eigenvalue weighted by Gasteiger charge is -2.61. The Morgan fingerprint density at radius 1 is 0.690 bits per heavy atom. The van der Waals surface area contributed by atoms with Crippen LogP contribution in [0.5, 0.6) is 5.75 Å². The minimum atomic E-state index is -0.611. The molecule has 222 valence electrons. The number of likely N-dealkylation sites (tertiary alicyclic amines) is 2. The number of nitrogens with zero attached hydrogens (tertiary/aromatic N) is 4. The summed E-state index contributed by atoms with van der Waals surface area (Å²) < 4.78 is 5.38. The van der Waals surface area contributed by atoms with Crippen molar-refractivity contribution in [3.05, 3.63) is 102 Å². The van der Waals surface area contributed by atoms with Crippen LogP contribution in [0.25, 0.3) is 0 Å². The second-order valence-electron chi connectivity index (χ2n) is 13.4. The van der Waals surface area contributed by atoms with Gasteiger partial charge in [0.1, 0.15) is 5.75 Å². The van der Waals surface area contributed by atoms with E-state index < -0.39 is 10.8 Å². The van der Waals surface area contributed by atoms with Crippen molar-refractivity contribution in [1.29, 1.82) is 0 Å². The number of piperidine rings is 2. The van der Waals surface area contributed by atoms with Crippen molar-refractivity contribution in [2.75, 3.05) is 80.1 Å². The number of fused-ring (bicyclic) bond motifs is 2. The summed E-state index contributed by atoms with van der Waals surface area (Å²) in [6.45, 7) is 10.4. The number of likely N-dealkylation sites (N-methyl/N-ethyl adjacent to an activating group) is 2. The van der Waals surface area contributed by atoms with Gasteiger partial charge in [0, 0.05) is 64.4 Å². The molecule has 3 saturated heterocycles. The Balaban J connectivity index is 1.43. The minimum absolute atomic E-state index is 0.0774. The van der Waals surface area contributed by atoms with E-state index in [-0.39, 0.29) is 5.54 Å². The zero-order valence-electron chi connectivity index (χ0n) is 25.8. The minimum Gasteiger partial charge on any atom is -0.497 e. The van der Waals surface area contributed by atoms with Crippen LogP contribution in [0, 0.1) is 0 Å². The second-order valence-corrected chi connectivity index (χ2v) is 13.4. The molecule has 3 heterocycles. The van der Waals surface area contributed by atoms with Crippen LogP contribution in [0.15, 0.2) is 84.9 Å². The van der Waals surface area contributed by atoms with E-state index >= 15 is 4.79 Å². The Bertz CT molecular complexity index is 1290. The zero-order chi connectivity index (χ0) is 29.4. The lowest BCUT2D eigenvalue weighted by molar-refractivity contribution is -0.149. The van der Waals surface area contributed by atoms with Crippen molar-refractivity contribution in [3.8, 4) is 5.75 Å². The predicted octanol–water partition coefficient (Wildman–Crippen LogP) is 3.95. The molecular formula is C36H46N4O2. The third-order valence-corrected chi connectivity index (χ3v) is 10.2. The van der Waals surface area contributed by atoms with Crippen LogP contribution in [0.3, 0.4) is 0 Å². The molecule has 0 spiro atoms. The molecule has 3 aliphatic heterocycles. The fourth-order valence-electron chi connectivity index (χ4n) is 8.05. The third-order valence-electron chi connectivity index (χ3n) is 10.2. The van der Waals surface area contributed by atoms with E-state index in [0.29, 0.717) is 5.78 Å². The highest BCUT2D eigenvalue weighted by Crippen LogP contribution is 2.48. The number of hydrogen-bond donors (Lipinski definition) is 0. The number of hydrogen-bond acceptors (Lipinski definition) is 6. The van der Waals surface area contributed by atoms with Gasteiger partial charge in [-0.05, 0) is 56.3 Å². The van der Waals surface area contributed by atoms with Gasteiger partial charge in [-0.25, -0.2) is 0 Å². The first kappa shape index (κ1) is 29.1. The van der Waals surface area contributed by atoms with Gasteiger partial charge in [0.2, 0.25) is 0 Å². The maximum Gasteiger partial charge on any atom is 0.159 e. The van der Waals surface area contributed by atoms with Gasteiger partial charge < -0.3 is 19.4 Å². The molecule has 3 fully saturated rings. The molecule has 2 unspecified atom stereocenters. The molecule has 0 aromatic heterocycles. The Kier molecular flexibility index (Phi) is 8.01. The van der Waals surface area contributed by atoms with Gasteiger partial charge in [0.25, 0.3) is 0 Å². The van der Waals surface area contributed by atoms with Crippen LogP contribution in [0.2, 0.25) is 0 Å². The van der Waals surface area contributed by atoms with Gasteiger partial charge in [0.15, 0.2) is 5.78 Å². The van der Waals surface area contributed by atoms with Crippen LogP contribution >= 0.6 is 0 Å². The van der Waals surface area contributed by atoms with Crippen LogP contribution in [-0.4, -0.2) is 111 Å². The second kappa shape index (κ2) is 11.6. The number of benzene rings is 3. The summed E-state index contributed by atoms with van der Waals surface area (Å²) in [5.74, 6) is 1.27. The number of methoxy groups -OCH3 is 1. The van der Waals surface area contributed by atoms with Crippen LogP contribution in [-0.2, 0) is 22.0 Å². The van der Waals surface area contributed by atoms with Crippen LogP contribution in [0.1, 0.15) is 23.6 Å². The maximum absolute atomic E-state index is 15.2. The third kappa shape index (κ3) is 5.30. The molecule has 0 N–H and O–H groups in total. The molecule has 3 aromatic rings. The van der Waals surface area contributed by atoms with Gasteiger partial charge in [-0.15, -0.1) is 0 Å². The molecule has 6 rings (SSSR count). The lowest BCUT2D eigenvalue weighted by Crippen LogP contribution is -2.77. The smallest absolute Gasteiger partial charge is 0.159 e. The number of rotatable bonds is 7. The molecule has 6 heteroatoms. The molecule has 3 aliphatic rings. The first-order chi connectivity index (χ1) is 20.3. The molecule has 0 radical (unpaired) electrons. The van der Waals surface area contributed by atoms with E-state index in [1.807, 2.05) is 12.1 Å². The summed E-state index contributed by atoms with van der Waals surface area (Å²) >= 11 is 0. The van der Waals surface area contributed by atoms with Gasteiger partial charge in [0.05, 0.1) is 17.9 Å². The predicted molar refractivity (Wildman–Crippen MR) is 169 cm³/mol. The summed E-state index contributed by atoms with van der Waals surface area (Å²) in [6, 6.07) is 29.7. The highest BCUT2D eigenvalue weighted by molar-refractivity contribution is 6.01. The average molecular weight is 567 g/mol. The number of ether oxygens (including phenoxy) is 1. The largest absolute Gasteiger partial charge is 0.497 e. The standard InChI is InChI=1S/C36H46N4O2/c1-34(23-37(2)21-22-38(3)24-34)40-27-35(30-11-7-5-8-12-30)25-39(20-19-29-15-17-32(42-4)18-16-29)26-36(28-40,33(35)41)31-13-9-6-10-14-31/h5-18H,19-28H2,1-4H3. The molecule has 2 bridgehead atoms. The van der Waals surface area contributed by atoms with E-state index in [4.69, 9.17) is 4.74 Å². The van der Waals surface area contributed by atoms with Gasteiger partial charge in [-0.1, -0.05) is 72.8 Å². The van der Waals surface area contributed by atoms with Crippen LogP contribution in [0.4, 0.5) is 0 Å². The quantitative estimate of drug-likeness (QED) is 0.432. The summed E-state index contributed by atoms with van der Waals surface area (Å²) in [7, 11) is 6.20. The highest BCUT2D eigenvalue weighted by atomic mass is 16.5. The fourth-order valence-corrected chi connectivity index (χ4v) is 8.05. The van der Waals surface area contributed by atoms with Crippen molar-refractivity contribution >= 4 is 5.78 Å². The number of carbonyl (C=O) groups is 1. The number of carbonyl (C=O) groups excluding carboxylic acids is 1. The summed E-state index contributed by atoms with van der Waals surface area (Å²) in [6.07, 6.45) is 0.935. The van der Waals surface area contributed by atoms with Crippen molar-refractivity contribution in [3.63, 3.8) is 0 Å². The highest BCUT2D eigenvalue weighted by Gasteiger charge is 2.63. The Labute approximate surface area is 251 Å². The fraction of sp³-hybridized carbons (Fsp3) is 0.472. The topological polar surface area (TPSA) is 39.3 Å².